The Kier molecular flexibility index (Phi) is 5.36. The van der Waals surface area contributed by atoms with Gasteiger partial charge in [0.05, 0.1) is 23.4 Å². The highest BCUT2D eigenvalue weighted by molar-refractivity contribution is 5.85. The van der Waals surface area contributed by atoms with Gasteiger partial charge in [0, 0.05) is 11.8 Å². The predicted molar refractivity (Wildman–Crippen MR) is 130 cm³/mol. The smallest absolute Gasteiger partial charge is 0.138 e. The Hall–Kier alpha value is -0.450. The van der Waals surface area contributed by atoms with Crippen molar-refractivity contribution < 1.29 is 19.7 Å². The Morgan fingerprint density at radius 3 is 2.21 bits per heavy atom. The number of fused-ring (bicyclic) bond motifs is 5. The summed E-state index contributed by atoms with van der Waals surface area (Å²) in [5.41, 5.74) is -1.12. The molecule has 4 aliphatic carbocycles. The number of hydrogen-bond donors (Lipinski definition) is 2. The van der Waals surface area contributed by atoms with Crippen molar-refractivity contribution in [3.05, 3.63) is 0 Å². The molecule has 33 heavy (non-hydrogen) atoms. The monoisotopic (exact) mass is 460 g/mol. The molecule has 1 aliphatic heterocycles. The fraction of sp³-hybridized carbons (Fsp3) is 0.966. The molecule has 188 valence electrons. The molecule has 4 saturated carbocycles. The minimum Gasteiger partial charge on any atom is -0.393 e. The standard InChI is InChI=1S/C29H48O4/c1-25(2)21-10-13-27(5)18-8-9-19(29(7)15-12-23(33-29)26(3,4)32)17(18)16-20(30)24(27)28(21,6)14-11-22(25)31/h17-21,23-24,30,32H,8-16H2,1-7H3. The van der Waals surface area contributed by atoms with Gasteiger partial charge >= 0.3 is 0 Å². The second-order valence-corrected chi connectivity index (χ2v) is 14.6. The molecule has 10 unspecified atom stereocenters. The van der Waals surface area contributed by atoms with Crippen molar-refractivity contribution >= 4 is 5.78 Å². The van der Waals surface area contributed by atoms with Crippen LogP contribution in [0.15, 0.2) is 0 Å². The van der Waals surface area contributed by atoms with Gasteiger partial charge in [0.2, 0.25) is 0 Å². The molecule has 0 radical (unpaired) electrons. The summed E-state index contributed by atoms with van der Waals surface area (Å²) >= 11 is 0. The Morgan fingerprint density at radius 2 is 1.58 bits per heavy atom. The molecule has 2 N–H and O–H groups in total. The molecule has 5 fully saturated rings. The summed E-state index contributed by atoms with van der Waals surface area (Å²) < 4.78 is 6.63. The van der Waals surface area contributed by atoms with E-state index in [-0.39, 0.29) is 40.0 Å². The first-order valence-electron chi connectivity index (χ1n) is 13.8. The highest BCUT2D eigenvalue weighted by Gasteiger charge is 2.68. The molecule has 1 heterocycles. The summed E-state index contributed by atoms with van der Waals surface area (Å²) in [5, 5.41) is 22.4. The number of aliphatic hydroxyl groups is 2. The quantitative estimate of drug-likeness (QED) is 0.569. The van der Waals surface area contributed by atoms with Crippen LogP contribution in [-0.4, -0.2) is 39.4 Å². The highest BCUT2D eigenvalue weighted by Crippen LogP contribution is 2.71. The summed E-state index contributed by atoms with van der Waals surface area (Å²) in [6.07, 6.45) is 8.62. The van der Waals surface area contributed by atoms with Crippen LogP contribution in [0.1, 0.15) is 106 Å². The maximum absolute atomic E-state index is 12.8. The number of Topliss-reactive ketones (excluding diaryl/α,β-unsaturated/α-hetero) is 1. The van der Waals surface area contributed by atoms with E-state index in [1.165, 1.54) is 12.8 Å². The van der Waals surface area contributed by atoms with Gasteiger partial charge in [-0.1, -0.05) is 27.7 Å². The molecule has 4 heteroatoms. The SMILES string of the molecule is CC(C)(O)C1CCC(C)(C2CCC3C2CC(O)C2C3(C)CCC3C(C)(C)C(=O)CCC32C)O1. The van der Waals surface area contributed by atoms with Crippen LogP contribution in [-0.2, 0) is 9.53 Å². The van der Waals surface area contributed by atoms with Gasteiger partial charge in [0.15, 0.2) is 0 Å². The van der Waals surface area contributed by atoms with Gasteiger partial charge in [0.25, 0.3) is 0 Å². The van der Waals surface area contributed by atoms with Gasteiger partial charge < -0.3 is 14.9 Å². The fourth-order valence-electron chi connectivity index (χ4n) is 10.6. The first kappa shape index (κ1) is 24.3. The lowest BCUT2D eigenvalue weighted by Crippen LogP contribution is -2.64. The molecular formula is C29H48O4. The first-order valence-corrected chi connectivity index (χ1v) is 13.8. The van der Waals surface area contributed by atoms with Crippen molar-refractivity contribution in [3.8, 4) is 0 Å². The zero-order valence-electron chi connectivity index (χ0n) is 22.1. The third kappa shape index (κ3) is 3.29. The van der Waals surface area contributed by atoms with Gasteiger partial charge in [-0.3, -0.25) is 4.79 Å². The van der Waals surface area contributed by atoms with Crippen molar-refractivity contribution in [2.24, 2.45) is 45.8 Å². The number of ketones is 1. The second kappa shape index (κ2) is 7.29. The lowest BCUT2D eigenvalue weighted by molar-refractivity contribution is -0.217. The van der Waals surface area contributed by atoms with E-state index in [0.29, 0.717) is 35.9 Å². The Morgan fingerprint density at radius 1 is 0.909 bits per heavy atom. The summed E-state index contributed by atoms with van der Waals surface area (Å²) in [7, 11) is 0. The lowest BCUT2D eigenvalue weighted by Gasteiger charge is -2.67. The predicted octanol–water partition coefficient (Wildman–Crippen LogP) is 5.53. The van der Waals surface area contributed by atoms with Gasteiger partial charge in [-0.05, 0) is 113 Å². The average Bonchev–Trinajstić information content (AvgIpc) is 3.30. The minimum atomic E-state index is -0.808. The third-order valence-electron chi connectivity index (χ3n) is 12.1. The van der Waals surface area contributed by atoms with Crippen LogP contribution in [0.5, 0.6) is 0 Å². The van der Waals surface area contributed by atoms with E-state index in [1.54, 1.807) is 0 Å². The summed E-state index contributed by atoms with van der Waals surface area (Å²) in [5.74, 6) is 2.64. The van der Waals surface area contributed by atoms with Gasteiger partial charge in [-0.25, -0.2) is 0 Å². The maximum Gasteiger partial charge on any atom is 0.138 e. The van der Waals surface area contributed by atoms with Crippen molar-refractivity contribution in [1.29, 1.82) is 0 Å². The molecule has 1 saturated heterocycles. The summed E-state index contributed by atoms with van der Waals surface area (Å²) in [6, 6.07) is 0. The first-order chi connectivity index (χ1) is 15.1. The number of aliphatic hydroxyl groups excluding tert-OH is 1. The maximum atomic E-state index is 12.8. The van der Waals surface area contributed by atoms with Crippen molar-refractivity contribution in [2.45, 2.75) is 130 Å². The minimum absolute atomic E-state index is 0.0344. The van der Waals surface area contributed by atoms with E-state index in [4.69, 9.17) is 4.74 Å². The van der Waals surface area contributed by atoms with E-state index in [2.05, 4.69) is 34.6 Å². The molecule has 0 aromatic carbocycles. The molecule has 0 amide bonds. The molecule has 4 nitrogen and oxygen atoms in total. The van der Waals surface area contributed by atoms with E-state index in [9.17, 15) is 15.0 Å². The Labute approximate surface area is 201 Å². The highest BCUT2D eigenvalue weighted by atomic mass is 16.5. The van der Waals surface area contributed by atoms with Crippen LogP contribution in [0, 0.1) is 45.8 Å². The van der Waals surface area contributed by atoms with Gasteiger partial charge in [0.1, 0.15) is 5.78 Å². The van der Waals surface area contributed by atoms with E-state index in [0.717, 1.165) is 38.5 Å². The zero-order valence-corrected chi connectivity index (χ0v) is 22.1. The number of carbonyl (C=O) groups excluding carboxylic acids is 1. The number of carbonyl (C=O) groups is 1. The average molecular weight is 461 g/mol. The van der Waals surface area contributed by atoms with Crippen LogP contribution in [0.2, 0.25) is 0 Å². The second-order valence-electron chi connectivity index (χ2n) is 14.6. The van der Waals surface area contributed by atoms with E-state index < -0.39 is 5.60 Å². The van der Waals surface area contributed by atoms with Gasteiger partial charge in [-0.15, -0.1) is 0 Å². The molecule has 0 bridgehead atoms. The van der Waals surface area contributed by atoms with Crippen molar-refractivity contribution in [1.82, 2.24) is 0 Å². The van der Waals surface area contributed by atoms with Crippen LogP contribution in [0.3, 0.4) is 0 Å². The Balaban J connectivity index is 1.44. The van der Waals surface area contributed by atoms with Crippen molar-refractivity contribution in [2.75, 3.05) is 0 Å². The van der Waals surface area contributed by atoms with Gasteiger partial charge in [-0.2, -0.15) is 0 Å². The molecule has 0 aromatic rings. The Bertz CT molecular complexity index is 813. The summed E-state index contributed by atoms with van der Waals surface area (Å²) in [4.78, 5) is 12.8. The van der Waals surface area contributed by atoms with Crippen LogP contribution < -0.4 is 0 Å². The molecule has 0 aromatic heterocycles. The zero-order chi connectivity index (χ0) is 24.2. The topological polar surface area (TPSA) is 66.8 Å². The number of ether oxygens (including phenoxy) is 1. The molecular weight excluding hydrogens is 412 g/mol. The third-order valence-corrected chi connectivity index (χ3v) is 12.1. The van der Waals surface area contributed by atoms with E-state index >= 15 is 0 Å². The largest absolute Gasteiger partial charge is 0.393 e. The molecule has 10 atom stereocenters. The van der Waals surface area contributed by atoms with E-state index in [1.807, 2.05) is 13.8 Å². The van der Waals surface area contributed by atoms with Crippen LogP contribution in [0.4, 0.5) is 0 Å². The normalized spacial score (nSPS) is 54.0. The lowest BCUT2D eigenvalue weighted by atomic mass is 9.38. The number of rotatable bonds is 2. The molecule has 5 rings (SSSR count). The van der Waals surface area contributed by atoms with Crippen LogP contribution in [0.25, 0.3) is 0 Å². The molecule has 5 aliphatic rings. The fourth-order valence-corrected chi connectivity index (χ4v) is 10.6. The van der Waals surface area contributed by atoms with Crippen molar-refractivity contribution in [3.63, 3.8) is 0 Å². The number of hydrogen-bond acceptors (Lipinski definition) is 4. The molecule has 0 spiro atoms. The summed E-state index contributed by atoms with van der Waals surface area (Å²) in [6.45, 7) is 15.3. The van der Waals surface area contributed by atoms with Crippen LogP contribution >= 0.6 is 0 Å².